The van der Waals surface area contributed by atoms with Gasteiger partial charge in [-0.3, -0.25) is 9.59 Å². The number of thiophene rings is 1. The number of carboxylic acid groups (broad SMARTS) is 2. The van der Waals surface area contributed by atoms with E-state index >= 15 is 0 Å². The van der Waals surface area contributed by atoms with Crippen molar-refractivity contribution in [2.24, 2.45) is 0 Å². The van der Waals surface area contributed by atoms with E-state index in [9.17, 15) is 9.59 Å². The Morgan fingerprint density at radius 2 is 1.53 bits per heavy atom. The summed E-state index contributed by atoms with van der Waals surface area (Å²) >= 11 is 1.62. The minimum absolute atomic E-state index is 0.166. The van der Waals surface area contributed by atoms with Crippen LogP contribution in [0.25, 0.3) is 0 Å². The fourth-order valence-corrected chi connectivity index (χ4v) is 2.56. The summed E-state index contributed by atoms with van der Waals surface area (Å²) in [6, 6.07) is 3.96. The van der Waals surface area contributed by atoms with Gasteiger partial charge >= 0.3 is 11.9 Å². The molecule has 17 heavy (non-hydrogen) atoms. The van der Waals surface area contributed by atoms with Crippen molar-refractivity contribution in [3.8, 4) is 0 Å². The van der Waals surface area contributed by atoms with Gasteiger partial charge in [0.1, 0.15) is 0 Å². The summed E-state index contributed by atoms with van der Waals surface area (Å²) in [4.78, 5) is 23.0. The van der Waals surface area contributed by atoms with Gasteiger partial charge in [-0.2, -0.15) is 0 Å². The number of carboxylic acids is 2. The third-order valence-corrected chi connectivity index (χ3v) is 3.57. The first-order valence-electron chi connectivity index (χ1n) is 5.59. The van der Waals surface area contributed by atoms with Gasteiger partial charge in [0.25, 0.3) is 0 Å². The van der Waals surface area contributed by atoms with Crippen LogP contribution in [0.15, 0.2) is 12.1 Å². The molecule has 0 aliphatic heterocycles. The van der Waals surface area contributed by atoms with Crippen molar-refractivity contribution < 1.29 is 19.8 Å². The minimum Gasteiger partial charge on any atom is -0.481 e. The molecule has 0 aromatic carbocycles. The van der Waals surface area contributed by atoms with Crippen molar-refractivity contribution in [2.45, 2.75) is 38.5 Å². The lowest BCUT2D eigenvalue weighted by atomic mass is 10.2. The molecular weight excluding hydrogens is 240 g/mol. The Morgan fingerprint density at radius 1 is 0.941 bits per heavy atom. The summed E-state index contributed by atoms with van der Waals surface area (Å²) in [5, 5.41) is 17.0. The summed E-state index contributed by atoms with van der Waals surface area (Å²) in [5.74, 6) is -1.53. The molecule has 5 heteroatoms. The third kappa shape index (κ3) is 6.06. The summed E-state index contributed by atoms with van der Waals surface area (Å²) in [7, 11) is 0. The summed E-state index contributed by atoms with van der Waals surface area (Å²) in [6.07, 6.45) is 3.40. The molecule has 0 saturated carbocycles. The van der Waals surface area contributed by atoms with Crippen molar-refractivity contribution in [1.29, 1.82) is 0 Å². The van der Waals surface area contributed by atoms with E-state index in [0.717, 1.165) is 17.7 Å². The van der Waals surface area contributed by atoms with E-state index < -0.39 is 11.9 Å². The van der Waals surface area contributed by atoms with Gasteiger partial charge in [0.2, 0.25) is 0 Å². The second-order valence-electron chi connectivity index (χ2n) is 3.86. The zero-order valence-electron chi connectivity index (χ0n) is 9.52. The number of rotatable bonds is 8. The lowest BCUT2D eigenvalue weighted by Crippen LogP contribution is -1.95. The van der Waals surface area contributed by atoms with E-state index in [-0.39, 0.29) is 12.8 Å². The van der Waals surface area contributed by atoms with Crippen molar-refractivity contribution in [2.75, 3.05) is 0 Å². The molecule has 0 fully saturated rings. The van der Waals surface area contributed by atoms with Crippen LogP contribution in [0.4, 0.5) is 0 Å². The number of unbranched alkanes of at least 4 members (excludes halogenated alkanes) is 1. The van der Waals surface area contributed by atoms with Crippen LogP contribution >= 0.6 is 11.3 Å². The fourth-order valence-electron chi connectivity index (χ4n) is 1.50. The normalized spacial score (nSPS) is 10.4. The molecule has 2 N–H and O–H groups in total. The molecule has 4 nitrogen and oxygen atoms in total. The monoisotopic (exact) mass is 256 g/mol. The van der Waals surface area contributed by atoms with E-state index in [1.807, 2.05) is 12.1 Å². The summed E-state index contributed by atoms with van der Waals surface area (Å²) < 4.78 is 0. The highest BCUT2D eigenvalue weighted by molar-refractivity contribution is 7.11. The number of hydrogen-bond acceptors (Lipinski definition) is 3. The van der Waals surface area contributed by atoms with E-state index in [1.165, 1.54) is 4.88 Å². The van der Waals surface area contributed by atoms with E-state index in [1.54, 1.807) is 11.3 Å². The molecule has 1 heterocycles. The lowest BCUT2D eigenvalue weighted by Gasteiger charge is -1.96. The van der Waals surface area contributed by atoms with Crippen LogP contribution in [0.2, 0.25) is 0 Å². The Labute approximate surface area is 104 Å². The molecule has 0 radical (unpaired) electrons. The van der Waals surface area contributed by atoms with Gasteiger partial charge in [0.05, 0.1) is 6.42 Å². The molecule has 0 spiro atoms. The number of aliphatic carboxylic acids is 2. The fraction of sp³-hybridized carbons (Fsp3) is 0.500. The van der Waals surface area contributed by atoms with Crippen molar-refractivity contribution in [3.05, 3.63) is 21.9 Å². The first kappa shape index (κ1) is 13.7. The number of carbonyl (C=O) groups is 2. The average molecular weight is 256 g/mol. The first-order valence-corrected chi connectivity index (χ1v) is 6.41. The quantitative estimate of drug-likeness (QED) is 0.701. The van der Waals surface area contributed by atoms with Crippen LogP contribution in [0.1, 0.15) is 35.4 Å². The van der Waals surface area contributed by atoms with Crippen LogP contribution in [0.5, 0.6) is 0 Å². The Bertz CT molecular complexity index is 384. The van der Waals surface area contributed by atoms with Gasteiger partial charge < -0.3 is 10.2 Å². The molecule has 0 atom stereocenters. The van der Waals surface area contributed by atoms with Crippen molar-refractivity contribution in [3.63, 3.8) is 0 Å². The Kier molecular flexibility index (Phi) is 5.69. The topological polar surface area (TPSA) is 74.6 Å². The summed E-state index contributed by atoms with van der Waals surface area (Å²) in [5.41, 5.74) is 0. The van der Waals surface area contributed by atoms with Crippen molar-refractivity contribution >= 4 is 23.3 Å². The molecule has 1 aromatic rings. The largest absolute Gasteiger partial charge is 0.481 e. The van der Waals surface area contributed by atoms with Gasteiger partial charge in [-0.25, -0.2) is 0 Å². The first-order chi connectivity index (χ1) is 8.08. The Morgan fingerprint density at radius 3 is 2.12 bits per heavy atom. The standard InChI is InChI=1S/C12H16O4S/c13-11(14)4-2-1-3-9-5-6-10(17-9)7-8-12(15)16/h5-6H,1-4,7-8H2,(H,13,14)(H,15,16). The molecule has 0 aliphatic carbocycles. The Balaban J connectivity index is 2.25. The van der Waals surface area contributed by atoms with Gasteiger partial charge in [0, 0.05) is 16.2 Å². The minimum atomic E-state index is -0.776. The second kappa shape index (κ2) is 7.06. The second-order valence-corrected chi connectivity index (χ2v) is 5.12. The molecule has 0 aliphatic rings. The zero-order chi connectivity index (χ0) is 12.7. The lowest BCUT2D eigenvalue weighted by molar-refractivity contribution is -0.138. The number of aryl methyl sites for hydroxylation is 2. The molecular formula is C12H16O4S. The predicted octanol–water partition coefficient (Wildman–Crippen LogP) is 2.56. The maximum Gasteiger partial charge on any atom is 0.303 e. The molecule has 0 unspecified atom stereocenters. The van der Waals surface area contributed by atoms with Crippen LogP contribution in [0, 0.1) is 0 Å². The molecule has 1 rings (SSSR count). The third-order valence-electron chi connectivity index (χ3n) is 2.37. The highest BCUT2D eigenvalue weighted by Gasteiger charge is 2.04. The number of hydrogen-bond donors (Lipinski definition) is 2. The van der Waals surface area contributed by atoms with Crippen LogP contribution in [-0.4, -0.2) is 22.2 Å². The van der Waals surface area contributed by atoms with Crippen LogP contribution in [0.3, 0.4) is 0 Å². The van der Waals surface area contributed by atoms with E-state index in [4.69, 9.17) is 10.2 Å². The van der Waals surface area contributed by atoms with Crippen LogP contribution in [-0.2, 0) is 22.4 Å². The maximum atomic E-state index is 10.4. The zero-order valence-corrected chi connectivity index (χ0v) is 10.3. The SMILES string of the molecule is O=C(O)CCCCc1ccc(CCC(=O)O)s1. The molecule has 94 valence electrons. The van der Waals surface area contributed by atoms with Gasteiger partial charge in [-0.1, -0.05) is 0 Å². The van der Waals surface area contributed by atoms with E-state index in [0.29, 0.717) is 12.8 Å². The maximum absolute atomic E-state index is 10.4. The van der Waals surface area contributed by atoms with E-state index in [2.05, 4.69) is 0 Å². The molecule has 1 aromatic heterocycles. The van der Waals surface area contributed by atoms with Gasteiger partial charge in [-0.05, 0) is 37.8 Å². The predicted molar refractivity (Wildman–Crippen MR) is 65.5 cm³/mol. The van der Waals surface area contributed by atoms with Gasteiger partial charge in [0.15, 0.2) is 0 Å². The molecule has 0 amide bonds. The average Bonchev–Trinajstić information content (AvgIpc) is 2.69. The molecule has 0 bridgehead atoms. The van der Waals surface area contributed by atoms with Crippen molar-refractivity contribution in [1.82, 2.24) is 0 Å². The highest BCUT2D eigenvalue weighted by atomic mass is 32.1. The van der Waals surface area contributed by atoms with Crippen LogP contribution < -0.4 is 0 Å². The van der Waals surface area contributed by atoms with Gasteiger partial charge in [-0.15, -0.1) is 11.3 Å². The Hall–Kier alpha value is -1.36. The highest BCUT2D eigenvalue weighted by Crippen LogP contribution is 2.20. The molecule has 0 saturated heterocycles. The smallest absolute Gasteiger partial charge is 0.303 e. The summed E-state index contributed by atoms with van der Waals surface area (Å²) in [6.45, 7) is 0.